The Hall–Kier alpha value is -2.75. The van der Waals surface area contributed by atoms with Crippen molar-refractivity contribution < 1.29 is 18.0 Å². The number of nitrogens with one attached hydrogen (secondary N) is 1. The number of anilines is 1. The number of fused-ring (bicyclic) bond motifs is 2. The summed E-state index contributed by atoms with van der Waals surface area (Å²) < 4.78 is 40.3. The molecule has 0 saturated heterocycles. The summed E-state index contributed by atoms with van der Waals surface area (Å²) >= 11 is 3.03. The van der Waals surface area contributed by atoms with Crippen LogP contribution in [0.25, 0.3) is 20.8 Å². The maximum Gasteiger partial charge on any atom is 0.416 e. The van der Waals surface area contributed by atoms with Crippen LogP contribution >= 0.6 is 22.7 Å². The number of hydrogen-bond acceptors (Lipinski definition) is 5. The monoisotopic (exact) mass is 473 g/mol. The van der Waals surface area contributed by atoms with Crippen molar-refractivity contribution in [2.45, 2.75) is 19.1 Å². The summed E-state index contributed by atoms with van der Waals surface area (Å²) in [7, 11) is 2.04. The first-order valence-corrected chi connectivity index (χ1v) is 11.6. The Bertz CT molecular complexity index is 1290. The van der Waals surface area contributed by atoms with E-state index in [0.717, 1.165) is 62.9 Å². The molecule has 4 nitrogen and oxygen atoms in total. The third kappa shape index (κ3) is 3.92. The lowest BCUT2D eigenvalue weighted by Crippen LogP contribution is -2.25. The molecule has 1 aliphatic heterocycles. The predicted molar refractivity (Wildman–Crippen MR) is 122 cm³/mol. The third-order valence-corrected chi connectivity index (χ3v) is 7.62. The molecule has 164 valence electrons. The van der Waals surface area contributed by atoms with Crippen LogP contribution in [-0.2, 0) is 19.1 Å². The van der Waals surface area contributed by atoms with Gasteiger partial charge in [-0.15, -0.1) is 22.7 Å². The van der Waals surface area contributed by atoms with Gasteiger partial charge in [0.25, 0.3) is 5.91 Å². The van der Waals surface area contributed by atoms with Gasteiger partial charge >= 0.3 is 6.18 Å². The van der Waals surface area contributed by atoms with Crippen molar-refractivity contribution in [3.63, 3.8) is 0 Å². The predicted octanol–water partition coefficient (Wildman–Crippen LogP) is 6.28. The van der Waals surface area contributed by atoms with Gasteiger partial charge in [-0.1, -0.05) is 18.2 Å². The normalized spacial score (nSPS) is 14.5. The molecule has 0 unspecified atom stereocenters. The number of carbonyl (C=O) groups is 1. The molecule has 2 aromatic heterocycles. The highest BCUT2D eigenvalue weighted by Gasteiger charge is 2.31. The van der Waals surface area contributed by atoms with Gasteiger partial charge in [0.2, 0.25) is 0 Å². The molecule has 32 heavy (non-hydrogen) atoms. The van der Waals surface area contributed by atoms with Crippen molar-refractivity contribution >= 4 is 43.8 Å². The van der Waals surface area contributed by atoms with Crippen LogP contribution in [0.3, 0.4) is 0 Å². The molecule has 0 spiro atoms. The minimum absolute atomic E-state index is 0.0291. The van der Waals surface area contributed by atoms with Gasteiger partial charge in [-0.3, -0.25) is 4.79 Å². The largest absolute Gasteiger partial charge is 0.416 e. The molecule has 1 aliphatic rings. The minimum atomic E-state index is -4.50. The summed E-state index contributed by atoms with van der Waals surface area (Å²) in [6, 6.07) is 12.3. The minimum Gasteiger partial charge on any atom is -0.313 e. The van der Waals surface area contributed by atoms with Gasteiger partial charge < -0.3 is 10.2 Å². The number of thiophene rings is 1. The molecular formula is C23H18F3N3OS2. The molecule has 3 heterocycles. The summed E-state index contributed by atoms with van der Waals surface area (Å²) in [5.41, 5.74) is 2.06. The average molecular weight is 474 g/mol. The van der Waals surface area contributed by atoms with Crippen molar-refractivity contribution in [1.29, 1.82) is 0 Å². The number of aromatic nitrogens is 1. The summed E-state index contributed by atoms with van der Waals surface area (Å²) in [6.07, 6.45) is -3.68. The van der Waals surface area contributed by atoms with Crippen LogP contribution in [-0.4, -0.2) is 29.4 Å². The third-order valence-electron chi connectivity index (χ3n) is 5.43. The van der Waals surface area contributed by atoms with E-state index >= 15 is 0 Å². The average Bonchev–Trinajstić information content (AvgIpc) is 3.33. The van der Waals surface area contributed by atoms with Gasteiger partial charge in [-0.2, -0.15) is 13.2 Å². The lowest BCUT2D eigenvalue weighted by Gasteiger charge is -2.22. The van der Waals surface area contributed by atoms with Crippen LogP contribution in [0.2, 0.25) is 0 Å². The highest BCUT2D eigenvalue weighted by atomic mass is 32.1. The molecule has 0 radical (unpaired) electrons. The van der Waals surface area contributed by atoms with Crippen LogP contribution in [0.1, 0.15) is 26.4 Å². The van der Waals surface area contributed by atoms with E-state index in [1.54, 1.807) is 11.3 Å². The Labute approximate surface area is 190 Å². The van der Waals surface area contributed by atoms with Crippen LogP contribution in [0.15, 0.2) is 48.5 Å². The molecule has 0 fully saturated rings. The SMILES string of the molecule is CN1CCc2c(sc(NC(=O)c3cccc(C(F)(F)F)c3)c2-c2nc3ccccc3s2)C1. The summed E-state index contributed by atoms with van der Waals surface area (Å²) in [5, 5.41) is 4.32. The highest BCUT2D eigenvalue weighted by molar-refractivity contribution is 7.23. The van der Waals surface area contributed by atoms with Gasteiger partial charge in [-0.25, -0.2) is 4.98 Å². The molecule has 0 atom stereocenters. The van der Waals surface area contributed by atoms with Crippen molar-refractivity contribution in [1.82, 2.24) is 9.88 Å². The number of benzene rings is 2. The first kappa shape index (κ1) is 21.1. The molecule has 1 N–H and O–H groups in total. The summed E-state index contributed by atoms with van der Waals surface area (Å²) in [5.74, 6) is -0.564. The van der Waals surface area contributed by atoms with Crippen LogP contribution < -0.4 is 5.32 Å². The molecule has 0 aliphatic carbocycles. The molecule has 5 rings (SSSR count). The van der Waals surface area contributed by atoms with E-state index in [2.05, 4.69) is 10.2 Å². The quantitative estimate of drug-likeness (QED) is 0.381. The number of rotatable bonds is 3. The van der Waals surface area contributed by atoms with E-state index in [4.69, 9.17) is 4.98 Å². The van der Waals surface area contributed by atoms with Crippen molar-refractivity contribution in [2.24, 2.45) is 0 Å². The fraction of sp³-hybridized carbons (Fsp3) is 0.217. The second kappa shape index (κ2) is 7.99. The Kier molecular flexibility index (Phi) is 5.27. The smallest absolute Gasteiger partial charge is 0.313 e. The van der Waals surface area contributed by atoms with Gasteiger partial charge in [-0.05, 0) is 49.4 Å². The van der Waals surface area contributed by atoms with E-state index in [1.807, 2.05) is 31.3 Å². The number of carbonyl (C=O) groups excluding carboxylic acids is 1. The van der Waals surface area contributed by atoms with Crippen LogP contribution in [0.4, 0.5) is 18.2 Å². The second-order valence-corrected chi connectivity index (χ2v) is 9.85. The van der Waals surface area contributed by atoms with Gasteiger partial charge in [0.05, 0.1) is 15.8 Å². The molecule has 1 amide bonds. The maximum atomic E-state index is 13.1. The van der Waals surface area contributed by atoms with E-state index in [0.29, 0.717) is 5.00 Å². The molecule has 0 saturated carbocycles. The van der Waals surface area contributed by atoms with Crippen LogP contribution in [0.5, 0.6) is 0 Å². The lowest BCUT2D eigenvalue weighted by atomic mass is 10.0. The van der Waals surface area contributed by atoms with Gasteiger partial charge in [0.15, 0.2) is 0 Å². The van der Waals surface area contributed by atoms with E-state index in [9.17, 15) is 18.0 Å². The number of para-hydroxylation sites is 1. The Morgan fingerprint density at radius 3 is 2.72 bits per heavy atom. The van der Waals surface area contributed by atoms with Crippen molar-refractivity contribution in [2.75, 3.05) is 18.9 Å². The lowest BCUT2D eigenvalue weighted by molar-refractivity contribution is -0.137. The van der Waals surface area contributed by atoms with Gasteiger partial charge in [0, 0.05) is 29.1 Å². The Morgan fingerprint density at radius 2 is 1.94 bits per heavy atom. The maximum absolute atomic E-state index is 13.1. The fourth-order valence-electron chi connectivity index (χ4n) is 3.84. The van der Waals surface area contributed by atoms with E-state index in [-0.39, 0.29) is 5.56 Å². The second-order valence-electron chi connectivity index (χ2n) is 7.72. The molecule has 0 bridgehead atoms. The zero-order valence-electron chi connectivity index (χ0n) is 17.0. The van der Waals surface area contributed by atoms with Crippen LogP contribution in [0, 0.1) is 0 Å². The van der Waals surface area contributed by atoms with E-state index in [1.165, 1.54) is 23.5 Å². The number of hydrogen-bond donors (Lipinski definition) is 1. The number of alkyl halides is 3. The Balaban J connectivity index is 1.56. The molecule has 2 aromatic carbocycles. The first-order valence-electron chi connectivity index (χ1n) is 9.97. The number of halogens is 3. The standard InChI is InChI=1S/C23H18F3N3OS2/c1-29-10-9-15-18(12-29)32-22(19(15)21-27-16-7-2-3-8-17(16)31-21)28-20(30)13-5-4-6-14(11-13)23(24,25)26/h2-8,11H,9-10,12H2,1H3,(H,28,30). The summed E-state index contributed by atoms with van der Waals surface area (Å²) in [4.78, 5) is 21.1. The molecular weight excluding hydrogens is 455 g/mol. The molecule has 4 aromatic rings. The number of nitrogens with zero attached hydrogens (tertiary/aromatic N) is 2. The van der Waals surface area contributed by atoms with E-state index < -0.39 is 17.6 Å². The summed E-state index contributed by atoms with van der Waals surface area (Å²) in [6.45, 7) is 1.65. The number of amides is 1. The number of likely N-dealkylation sites (N-methyl/N-ethyl adjacent to an activating group) is 1. The van der Waals surface area contributed by atoms with Gasteiger partial charge in [0.1, 0.15) is 10.0 Å². The topological polar surface area (TPSA) is 45.2 Å². The zero-order valence-corrected chi connectivity index (χ0v) is 18.6. The Morgan fingerprint density at radius 1 is 1.12 bits per heavy atom. The number of thiazole rings is 1. The van der Waals surface area contributed by atoms with Crippen molar-refractivity contribution in [3.8, 4) is 10.6 Å². The van der Waals surface area contributed by atoms with Crippen molar-refractivity contribution in [3.05, 3.63) is 70.1 Å². The molecule has 9 heteroatoms. The first-order chi connectivity index (χ1) is 15.3. The highest BCUT2D eigenvalue weighted by Crippen LogP contribution is 2.45. The fourth-order valence-corrected chi connectivity index (χ4v) is 6.27. The zero-order chi connectivity index (χ0) is 22.5.